The Hall–Kier alpha value is -6.30. The number of esters is 1. The number of carbonyl (C=O) groups is 4. The van der Waals surface area contributed by atoms with Crippen LogP contribution in [0.5, 0.6) is 5.75 Å². The molecule has 0 radical (unpaired) electrons. The first-order valence-corrected chi connectivity index (χ1v) is 21.5. The number of nitrogens with one attached hydrogen (secondary N) is 2. The minimum Gasteiger partial charge on any atom is -0.491 e. The van der Waals surface area contributed by atoms with E-state index < -0.39 is 29.6 Å². The predicted molar refractivity (Wildman–Crippen MR) is 244 cm³/mol. The number of fused-ring (bicyclic) bond motifs is 1. The topological polar surface area (TPSA) is 222 Å². The Balaban J connectivity index is 1.25. The van der Waals surface area contributed by atoms with Crippen LogP contribution in [0, 0.1) is 6.92 Å². The number of methoxy groups -OCH3 is 1. The van der Waals surface area contributed by atoms with Crippen molar-refractivity contribution in [1.29, 1.82) is 0 Å². The normalized spacial score (nSPS) is 11.6. The lowest BCUT2D eigenvalue weighted by Gasteiger charge is -2.27. The summed E-state index contributed by atoms with van der Waals surface area (Å²) >= 11 is 0. The summed E-state index contributed by atoms with van der Waals surface area (Å²) in [5.41, 5.74) is 11.0. The van der Waals surface area contributed by atoms with Crippen molar-refractivity contribution in [3.05, 3.63) is 101 Å². The van der Waals surface area contributed by atoms with Gasteiger partial charge in [-0.25, -0.2) is 9.78 Å². The average Bonchev–Trinajstić information content (AvgIpc) is 3.28. The molecule has 18 heteroatoms. The summed E-state index contributed by atoms with van der Waals surface area (Å²) in [4.78, 5) is 59.7. The van der Waals surface area contributed by atoms with Crippen LogP contribution in [-0.2, 0) is 42.8 Å². The highest BCUT2D eigenvalue weighted by atomic mass is 16.6. The van der Waals surface area contributed by atoms with Gasteiger partial charge in [-0.3, -0.25) is 19.3 Å². The highest BCUT2D eigenvalue weighted by molar-refractivity contribution is 6.00. The van der Waals surface area contributed by atoms with Crippen LogP contribution in [0.25, 0.3) is 32.3 Å². The van der Waals surface area contributed by atoms with Crippen molar-refractivity contribution in [2.24, 2.45) is 5.11 Å². The fraction of sp³-hybridized carbons (Fsp3) is 0.468. The fourth-order valence-corrected chi connectivity index (χ4v) is 6.37. The summed E-state index contributed by atoms with van der Waals surface area (Å²) < 4.78 is 38.5. The van der Waals surface area contributed by atoms with Crippen LogP contribution in [0.3, 0.4) is 0 Å². The summed E-state index contributed by atoms with van der Waals surface area (Å²) in [7, 11) is 1.28. The monoisotopic (exact) mass is 899 g/mol. The van der Waals surface area contributed by atoms with Crippen LogP contribution in [0.2, 0.25) is 0 Å². The summed E-state index contributed by atoms with van der Waals surface area (Å²) in [5.74, 6) is -0.249. The largest absolute Gasteiger partial charge is 0.491 e. The van der Waals surface area contributed by atoms with Gasteiger partial charge < -0.3 is 43.8 Å². The molecule has 0 spiro atoms. The van der Waals surface area contributed by atoms with E-state index in [-0.39, 0.29) is 38.3 Å². The number of pyridine rings is 1. The van der Waals surface area contributed by atoms with E-state index >= 15 is 0 Å². The van der Waals surface area contributed by atoms with E-state index in [4.69, 9.17) is 38.7 Å². The number of carbonyl (C=O) groups excluding carboxylic acids is 4. The van der Waals surface area contributed by atoms with Gasteiger partial charge >= 0.3 is 12.1 Å². The van der Waals surface area contributed by atoms with Crippen LogP contribution in [0.1, 0.15) is 57.2 Å². The van der Waals surface area contributed by atoms with Gasteiger partial charge in [-0.2, -0.15) is 0 Å². The molecule has 1 heterocycles. The number of azide groups is 1. The van der Waals surface area contributed by atoms with E-state index in [0.717, 1.165) is 33.2 Å². The van der Waals surface area contributed by atoms with E-state index in [1.807, 2.05) is 73.7 Å². The summed E-state index contributed by atoms with van der Waals surface area (Å²) in [6, 6.07) is 22.3. The maximum absolute atomic E-state index is 13.1. The fourth-order valence-electron chi connectivity index (χ4n) is 6.37. The number of amides is 3. The number of rotatable bonds is 28. The molecule has 4 aromatic rings. The standard InChI is InChI=1S/C47H61N7O11/c1-34-18-19-49-42(31-34)54(46(58)65-47(2,3)4)21-8-13-43(55)50-33-44(56)52-40(32-45(57)59-5)36-16-14-35(15-17-36)37-9-6-11-39-38(37)10-7-12-41(39)64-30-29-63-28-27-62-26-25-61-24-23-60-22-20-51-53-48/h6-7,9-12,14-19,31,40H,8,13,20-30,32-33H2,1-5H3,(H,50,55)(H,52,56)/t40-/m0/s1. The van der Waals surface area contributed by atoms with Crippen molar-refractivity contribution in [3.8, 4) is 16.9 Å². The van der Waals surface area contributed by atoms with Crippen molar-refractivity contribution in [3.63, 3.8) is 0 Å². The van der Waals surface area contributed by atoms with Crippen molar-refractivity contribution in [2.45, 2.75) is 58.6 Å². The van der Waals surface area contributed by atoms with Gasteiger partial charge in [0.25, 0.3) is 0 Å². The molecule has 1 aromatic heterocycles. The lowest BCUT2D eigenvalue weighted by atomic mass is 9.95. The molecule has 3 amide bonds. The van der Waals surface area contributed by atoms with Gasteiger partial charge in [0.1, 0.15) is 23.8 Å². The number of anilines is 1. The third-order valence-corrected chi connectivity index (χ3v) is 9.46. The van der Waals surface area contributed by atoms with E-state index in [1.54, 1.807) is 33.0 Å². The van der Waals surface area contributed by atoms with Crippen molar-refractivity contribution >= 4 is 40.5 Å². The smallest absolute Gasteiger partial charge is 0.416 e. The summed E-state index contributed by atoms with van der Waals surface area (Å²) in [6.07, 6.45) is 1.24. The van der Waals surface area contributed by atoms with Crippen LogP contribution in [0.15, 0.2) is 84.1 Å². The Morgan fingerprint density at radius 2 is 1.46 bits per heavy atom. The molecule has 0 aliphatic carbocycles. The molecule has 18 nitrogen and oxygen atoms in total. The maximum atomic E-state index is 13.1. The van der Waals surface area contributed by atoms with Gasteiger partial charge in [0.05, 0.1) is 79.0 Å². The molecule has 0 saturated carbocycles. The van der Waals surface area contributed by atoms with Crippen LogP contribution in [-0.4, -0.2) is 121 Å². The van der Waals surface area contributed by atoms with Gasteiger partial charge in [-0.05, 0) is 85.5 Å². The number of hydrogen-bond donors (Lipinski definition) is 2. The van der Waals surface area contributed by atoms with Crippen molar-refractivity contribution in [2.75, 3.05) is 91.1 Å². The number of hydrogen-bond acceptors (Lipinski definition) is 13. The maximum Gasteiger partial charge on any atom is 0.416 e. The minimum absolute atomic E-state index is 0.0401. The highest BCUT2D eigenvalue weighted by Gasteiger charge is 2.25. The molecule has 4 rings (SSSR count). The molecule has 65 heavy (non-hydrogen) atoms. The second-order valence-electron chi connectivity index (χ2n) is 15.6. The van der Waals surface area contributed by atoms with E-state index in [1.165, 1.54) is 12.0 Å². The lowest BCUT2D eigenvalue weighted by Crippen LogP contribution is -2.40. The summed E-state index contributed by atoms with van der Waals surface area (Å²) in [6.45, 7) is 11.0. The predicted octanol–water partition coefficient (Wildman–Crippen LogP) is 7.02. The molecule has 0 saturated heterocycles. The van der Waals surface area contributed by atoms with E-state index in [9.17, 15) is 19.2 Å². The Labute approximate surface area is 379 Å². The van der Waals surface area contributed by atoms with Crippen molar-refractivity contribution < 1.29 is 52.3 Å². The molecular weight excluding hydrogens is 839 g/mol. The zero-order valence-corrected chi connectivity index (χ0v) is 37.9. The van der Waals surface area contributed by atoms with Crippen LogP contribution < -0.4 is 20.3 Å². The molecule has 1 atom stereocenters. The van der Waals surface area contributed by atoms with E-state index in [0.29, 0.717) is 77.4 Å². The molecular formula is C47H61N7O11. The van der Waals surface area contributed by atoms with Gasteiger partial charge in [-0.1, -0.05) is 59.7 Å². The van der Waals surface area contributed by atoms with Gasteiger partial charge in [0.2, 0.25) is 11.8 Å². The number of benzene rings is 3. The van der Waals surface area contributed by atoms with Gasteiger partial charge in [-0.15, -0.1) is 0 Å². The Morgan fingerprint density at radius 1 is 0.815 bits per heavy atom. The third-order valence-electron chi connectivity index (χ3n) is 9.46. The first-order chi connectivity index (χ1) is 31.4. The molecule has 2 N–H and O–H groups in total. The van der Waals surface area contributed by atoms with Crippen LogP contribution in [0.4, 0.5) is 10.6 Å². The number of aromatic nitrogens is 1. The Morgan fingerprint density at radius 3 is 2.11 bits per heavy atom. The van der Waals surface area contributed by atoms with Crippen LogP contribution >= 0.6 is 0 Å². The molecule has 0 aliphatic heterocycles. The molecule has 0 fully saturated rings. The number of aryl methyl sites for hydroxylation is 1. The first kappa shape index (κ1) is 51.3. The third kappa shape index (κ3) is 18.8. The molecule has 0 aliphatic rings. The average molecular weight is 900 g/mol. The quantitative estimate of drug-likeness (QED) is 0.0193. The second-order valence-corrected chi connectivity index (χ2v) is 15.6. The van der Waals surface area contributed by atoms with Gasteiger partial charge in [0.15, 0.2) is 0 Å². The molecule has 350 valence electrons. The first-order valence-electron chi connectivity index (χ1n) is 21.5. The molecule has 0 unspecified atom stereocenters. The molecule has 0 bridgehead atoms. The minimum atomic E-state index is -0.723. The number of ether oxygens (including phenoxy) is 7. The number of nitrogens with zero attached hydrogens (tertiary/aromatic N) is 5. The Kier molecular flexibility index (Phi) is 21.9. The second kappa shape index (κ2) is 27.8. The van der Waals surface area contributed by atoms with Crippen molar-refractivity contribution in [1.82, 2.24) is 15.6 Å². The van der Waals surface area contributed by atoms with E-state index in [2.05, 4.69) is 25.6 Å². The zero-order chi connectivity index (χ0) is 46.9. The lowest BCUT2D eigenvalue weighted by molar-refractivity contribution is -0.141. The highest BCUT2D eigenvalue weighted by Crippen LogP contribution is 2.34. The zero-order valence-electron chi connectivity index (χ0n) is 37.9. The van der Waals surface area contributed by atoms with Gasteiger partial charge in [0, 0.05) is 36.0 Å². The molecule has 3 aromatic carbocycles. The summed E-state index contributed by atoms with van der Waals surface area (Å²) in [5, 5.41) is 10.8. The Bertz CT molecular complexity index is 2180. The SMILES string of the molecule is COC(=O)C[C@H](NC(=O)CNC(=O)CCCN(C(=O)OC(C)(C)C)c1cc(C)ccn1)c1ccc(-c2cccc3c(OCCOCCOCCOCCOCCN=[N+]=[N-])cccc23)cc1.